The maximum atomic E-state index is 13.1. The van der Waals surface area contributed by atoms with Crippen LogP contribution in [0.1, 0.15) is 17.2 Å². The standard InChI is InChI=1S/C23H18ClF6N5O4/c24-16-6-4-13(5-7-16)19-33-35(21(39)34(19)9-8-22(25,26)27)12-18(36)32-17(11-31-20(37)38)14-2-1-3-15(10-14)23(28,29)30/h1-10,17,31H,11-12H2,(H,32,36)(H,37,38)/b9-8+. The summed E-state index contributed by atoms with van der Waals surface area (Å²) in [6.45, 7) is -1.38. The average molecular weight is 578 g/mol. The molecule has 3 aromatic rings. The van der Waals surface area contributed by atoms with Gasteiger partial charge in [-0.15, -0.1) is 5.10 Å². The van der Waals surface area contributed by atoms with Crippen molar-refractivity contribution < 1.29 is 41.0 Å². The molecule has 0 aliphatic rings. The Morgan fingerprint density at radius 2 is 1.74 bits per heavy atom. The van der Waals surface area contributed by atoms with E-state index >= 15 is 0 Å². The highest BCUT2D eigenvalue weighted by molar-refractivity contribution is 6.30. The topological polar surface area (TPSA) is 118 Å². The molecule has 16 heteroatoms. The third kappa shape index (κ3) is 8.10. The number of halogens is 7. The monoisotopic (exact) mass is 577 g/mol. The van der Waals surface area contributed by atoms with Crippen LogP contribution in [0.5, 0.6) is 0 Å². The molecule has 9 nitrogen and oxygen atoms in total. The summed E-state index contributed by atoms with van der Waals surface area (Å²) >= 11 is 5.83. The van der Waals surface area contributed by atoms with E-state index in [4.69, 9.17) is 16.7 Å². The molecule has 1 heterocycles. The number of rotatable bonds is 8. The first-order valence-electron chi connectivity index (χ1n) is 10.8. The molecule has 3 N–H and O–H groups in total. The van der Waals surface area contributed by atoms with Crippen molar-refractivity contribution in [3.05, 3.63) is 81.2 Å². The Bertz CT molecular complexity index is 1430. The SMILES string of the molecule is O=C(O)NCC(NC(=O)Cn1nc(-c2ccc(Cl)cc2)n(/C=C/C(F)(F)F)c1=O)c1cccc(C(F)(F)F)c1. The molecule has 2 amide bonds. The van der Waals surface area contributed by atoms with Gasteiger partial charge in [0.25, 0.3) is 0 Å². The number of benzene rings is 2. The molecule has 39 heavy (non-hydrogen) atoms. The molecule has 0 spiro atoms. The zero-order valence-electron chi connectivity index (χ0n) is 19.4. The number of aromatic nitrogens is 3. The quantitative estimate of drug-likeness (QED) is 0.340. The van der Waals surface area contributed by atoms with E-state index in [1.807, 2.05) is 5.32 Å². The average Bonchev–Trinajstić information content (AvgIpc) is 3.14. The summed E-state index contributed by atoms with van der Waals surface area (Å²) in [5.74, 6) is -1.24. The van der Waals surface area contributed by atoms with Gasteiger partial charge in [-0.25, -0.2) is 18.8 Å². The molecule has 0 fully saturated rings. The van der Waals surface area contributed by atoms with Crippen molar-refractivity contribution in [2.24, 2.45) is 0 Å². The van der Waals surface area contributed by atoms with E-state index in [-0.39, 0.29) is 23.0 Å². The van der Waals surface area contributed by atoms with Crippen molar-refractivity contribution in [3.63, 3.8) is 0 Å². The third-order valence-electron chi connectivity index (χ3n) is 5.09. The Kier molecular flexibility index (Phi) is 8.74. The maximum absolute atomic E-state index is 13.1. The lowest BCUT2D eigenvalue weighted by molar-refractivity contribution is -0.137. The fourth-order valence-corrected chi connectivity index (χ4v) is 3.49. The Hall–Kier alpha value is -4.27. The number of carbonyl (C=O) groups is 2. The van der Waals surface area contributed by atoms with Gasteiger partial charge in [0.2, 0.25) is 5.91 Å². The largest absolute Gasteiger partial charge is 0.465 e. The van der Waals surface area contributed by atoms with Crippen LogP contribution in [0.15, 0.2) is 59.4 Å². The number of carboxylic acid groups (broad SMARTS) is 1. The van der Waals surface area contributed by atoms with Crippen molar-refractivity contribution in [1.82, 2.24) is 25.0 Å². The minimum atomic E-state index is -4.77. The Morgan fingerprint density at radius 1 is 1.08 bits per heavy atom. The molecule has 0 bridgehead atoms. The van der Waals surface area contributed by atoms with Crippen molar-refractivity contribution in [1.29, 1.82) is 0 Å². The smallest absolute Gasteiger partial charge is 0.416 e. The summed E-state index contributed by atoms with van der Waals surface area (Å²) in [4.78, 5) is 36.5. The van der Waals surface area contributed by atoms with Gasteiger partial charge < -0.3 is 15.7 Å². The second-order valence-corrected chi connectivity index (χ2v) is 8.36. The van der Waals surface area contributed by atoms with Crippen LogP contribution in [0.4, 0.5) is 31.1 Å². The first kappa shape index (κ1) is 29.3. The summed E-state index contributed by atoms with van der Waals surface area (Å²) in [6.07, 6.45) is -10.8. The van der Waals surface area contributed by atoms with Crippen LogP contribution in [-0.2, 0) is 17.5 Å². The molecule has 3 rings (SSSR count). The van der Waals surface area contributed by atoms with E-state index in [0.29, 0.717) is 20.5 Å². The van der Waals surface area contributed by atoms with Crippen LogP contribution in [0, 0.1) is 0 Å². The lowest BCUT2D eigenvalue weighted by Crippen LogP contribution is -2.40. The van der Waals surface area contributed by atoms with Crippen molar-refractivity contribution in [2.45, 2.75) is 24.9 Å². The van der Waals surface area contributed by atoms with Gasteiger partial charge in [0.15, 0.2) is 5.82 Å². The first-order valence-corrected chi connectivity index (χ1v) is 11.2. The summed E-state index contributed by atoms with van der Waals surface area (Å²) < 4.78 is 78.9. The summed E-state index contributed by atoms with van der Waals surface area (Å²) in [7, 11) is 0. The fourth-order valence-electron chi connectivity index (χ4n) is 3.36. The number of alkyl halides is 6. The van der Waals surface area contributed by atoms with Crippen LogP contribution in [0.2, 0.25) is 5.02 Å². The molecule has 1 aromatic heterocycles. The highest BCUT2D eigenvalue weighted by Gasteiger charge is 2.31. The van der Waals surface area contributed by atoms with E-state index < -0.39 is 54.7 Å². The van der Waals surface area contributed by atoms with Crippen LogP contribution >= 0.6 is 11.6 Å². The Morgan fingerprint density at radius 3 is 2.33 bits per heavy atom. The lowest BCUT2D eigenvalue weighted by atomic mass is 10.0. The third-order valence-corrected chi connectivity index (χ3v) is 5.34. The maximum Gasteiger partial charge on any atom is 0.416 e. The number of allylic oxidation sites excluding steroid dienone is 1. The molecule has 1 unspecified atom stereocenters. The van der Waals surface area contributed by atoms with Crippen LogP contribution < -0.4 is 16.3 Å². The van der Waals surface area contributed by atoms with Gasteiger partial charge in [0, 0.05) is 29.4 Å². The number of carbonyl (C=O) groups excluding carboxylic acids is 1. The second kappa shape index (κ2) is 11.6. The first-order chi connectivity index (χ1) is 18.1. The highest BCUT2D eigenvalue weighted by Crippen LogP contribution is 2.30. The van der Waals surface area contributed by atoms with Gasteiger partial charge in [0.1, 0.15) is 6.54 Å². The number of hydrogen-bond acceptors (Lipinski definition) is 4. The van der Waals surface area contributed by atoms with Crippen molar-refractivity contribution >= 4 is 29.8 Å². The molecule has 0 saturated carbocycles. The predicted octanol–water partition coefficient (Wildman–Crippen LogP) is 4.54. The second-order valence-electron chi connectivity index (χ2n) is 7.93. The molecule has 1 atom stereocenters. The molecule has 2 aromatic carbocycles. The summed E-state index contributed by atoms with van der Waals surface area (Å²) in [5.41, 5.74) is -2.08. The fraction of sp³-hybridized carbons (Fsp3) is 0.217. The minimum absolute atomic E-state index is 0.0974. The van der Waals surface area contributed by atoms with Gasteiger partial charge in [-0.1, -0.05) is 23.7 Å². The van der Waals surface area contributed by atoms with Crippen LogP contribution in [-0.4, -0.2) is 44.2 Å². The normalized spacial score (nSPS) is 12.9. The minimum Gasteiger partial charge on any atom is -0.465 e. The number of nitrogens with one attached hydrogen (secondary N) is 2. The van der Waals surface area contributed by atoms with Crippen LogP contribution in [0.25, 0.3) is 17.6 Å². The van der Waals surface area contributed by atoms with Gasteiger partial charge in [0.05, 0.1) is 11.6 Å². The highest BCUT2D eigenvalue weighted by atomic mass is 35.5. The molecule has 0 saturated heterocycles. The number of nitrogens with zero attached hydrogens (tertiary/aromatic N) is 3. The van der Waals surface area contributed by atoms with Gasteiger partial charge >= 0.3 is 24.1 Å². The zero-order chi connectivity index (χ0) is 29.0. The Balaban J connectivity index is 1.93. The summed E-state index contributed by atoms with van der Waals surface area (Å²) in [5, 5.41) is 17.4. The predicted molar refractivity (Wildman–Crippen MR) is 127 cm³/mol. The molecular formula is C23H18ClF6N5O4. The zero-order valence-corrected chi connectivity index (χ0v) is 20.2. The van der Waals surface area contributed by atoms with E-state index in [1.165, 1.54) is 30.3 Å². The molecule has 0 aliphatic carbocycles. The Labute approximate surface area is 220 Å². The van der Waals surface area contributed by atoms with E-state index in [1.54, 1.807) is 0 Å². The lowest BCUT2D eigenvalue weighted by Gasteiger charge is -2.20. The summed E-state index contributed by atoms with van der Waals surface area (Å²) in [6, 6.07) is 8.07. The molecule has 0 radical (unpaired) electrons. The van der Waals surface area contributed by atoms with Crippen molar-refractivity contribution in [2.75, 3.05) is 6.54 Å². The van der Waals surface area contributed by atoms with E-state index in [0.717, 1.165) is 18.2 Å². The van der Waals surface area contributed by atoms with Crippen LogP contribution in [0.3, 0.4) is 0 Å². The number of amides is 2. The van der Waals surface area contributed by atoms with Gasteiger partial charge in [-0.05, 0) is 42.0 Å². The number of hydrogen-bond donors (Lipinski definition) is 3. The van der Waals surface area contributed by atoms with Gasteiger partial charge in [-0.2, -0.15) is 26.3 Å². The van der Waals surface area contributed by atoms with E-state index in [2.05, 4.69) is 10.4 Å². The van der Waals surface area contributed by atoms with Gasteiger partial charge in [-0.3, -0.25) is 4.79 Å². The molecule has 0 aliphatic heterocycles. The van der Waals surface area contributed by atoms with E-state index in [9.17, 15) is 40.7 Å². The van der Waals surface area contributed by atoms with Crippen molar-refractivity contribution in [3.8, 4) is 11.4 Å². The molecular weight excluding hydrogens is 560 g/mol. The molecule has 208 valence electrons.